The molecule has 21 heavy (non-hydrogen) atoms. The van der Waals surface area contributed by atoms with Crippen molar-refractivity contribution < 1.29 is 0 Å². The van der Waals surface area contributed by atoms with E-state index in [2.05, 4.69) is 58.2 Å². The Hall–Kier alpha value is -0.540. The summed E-state index contributed by atoms with van der Waals surface area (Å²) in [5.41, 5.74) is 2.85. The third-order valence-corrected chi connectivity index (χ3v) is 4.60. The van der Waals surface area contributed by atoms with Crippen molar-refractivity contribution in [2.24, 2.45) is 5.92 Å². The van der Waals surface area contributed by atoms with Crippen LogP contribution in [-0.4, -0.2) is 19.6 Å². The van der Waals surface area contributed by atoms with Crippen LogP contribution in [0.4, 0.5) is 5.69 Å². The van der Waals surface area contributed by atoms with E-state index in [0.717, 1.165) is 13.1 Å². The Bertz CT molecular complexity index is 423. The molecule has 2 rings (SSSR count). The highest BCUT2D eigenvalue weighted by molar-refractivity contribution is 9.10. The van der Waals surface area contributed by atoms with Gasteiger partial charge in [0.1, 0.15) is 0 Å². The lowest BCUT2D eigenvalue weighted by atomic mass is 10.1. The highest BCUT2D eigenvalue weighted by Gasteiger charge is 2.13. The van der Waals surface area contributed by atoms with Gasteiger partial charge in [0, 0.05) is 29.8 Å². The summed E-state index contributed by atoms with van der Waals surface area (Å²) in [7, 11) is 0. The molecule has 0 amide bonds. The molecule has 1 heterocycles. The minimum absolute atomic E-state index is 0.697. The molecule has 0 radical (unpaired) electrons. The lowest BCUT2D eigenvalue weighted by Crippen LogP contribution is -2.29. The number of rotatable bonds is 5. The molecule has 0 atom stereocenters. The number of anilines is 1. The summed E-state index contributed by atoms with van der Waals surface area (Å²) < 4.78 is 1.18. The lowest BCUT2D eigenvalue weighted by molar-refractivity contribution is 0.544. The Morgan fingerprint density at radius 1 is 1.10 bits per heavy atom. The van der Waals surface area contributed by atoms with Crippen LogP contribution in [0.1, 0.15) is 51.5 Å². The number of hydrogen-bond donors (Lipinski definition) is 1. The molecular weight excluding hydrogens is 324 g/mol. The zero-order chi connectivity index (χ0) is 15.1. The highest BCUT2D eigenvalue weighted by Crippen LogP contribution is 2.26. The predicted octanol–water partition coefficient (Wildman–Crippen LogP) is 4.97. The summed E-state index contributed by atoms with van der Waals surface area (Å²) in [4.78, 5) is 2.60. The average Bonchev–Trinajstić information content (AvgIpc) is 2.39. The Balaban J connectivity index is 2.08. The first kappa shape index (κ1) is 16.8. The minimum atomic E-state index is 0.697. The second kappa shape index (κ2) is 8.79. The fraction of sp³-hybridized carbons (Fsp3) is 0.667. The molecule has 1 aromatic rings. The maximum atomic E-state index is 3.62. The highest BCUT2D eigenvalue weighted by atomic mass is 79.9. The predicted molar refractivity (Wildman–Crippen MR) is 96.0 cm³/mol. The molecule has 118 valence electrons. The quantitative estimate of drug-likeness (QED) is 0.804. The van der Waals surface area contributed by atoms with E-state index in [-0.39, 0.29) is 0 Å². The molecule has 1 aliphatic rings. The van der Waals surface area contributed by atoms with Gasteiger partial charge >= 0.3 is 0 Å². The lowest BCUT2D eigenvalue weighted by Gasteiger charge is -2.29. The van der Waals surface area contributed by atoms with Crippen LogP contribution >= 0.6 is 15.9 Å². The van der Waals surface area contributed by atoms with Gasteiger partial charge in [-0.15, -0.1) is 0 Å². The number of nitrogens with one attached hydrogen (secondary N) is 1. The van der Waals surface area contributed by atoms with Gasteiger partial charge < -0.3 is 10.2 Å². The molecule has 0 bridgehead atoms. The van der Waals surface area contributed by atoms with Gasteiger partial charge in [0.15, 0.2) is 0 Å². The maximum Gasteiger partial charge on any atom is 0.0412 e. The van der Waals surface area contributed by atoms with E-state index in [1.165, 1.54) is 60.9 Å². The number of hydrogen-bond acceptors (Lipinski definition) is 2. The summed E-state index contributed by atoms with van der Waals surface area (Å²) in [5.74, 6) is 0.697. The molecule has 1 aliphatic heterocycles. The van der Waals surface area contributed by atoms with Crippen molar-refractivity contribution in [1.29, 1.82) is 0 Å². The summed E-state index contributed by atoms with van der Waals surface area (Å²) >= 11 is 3.62. The van der Waals surface area contributed by atoms with E-state index in [0.29, 0.717) is 5.92 Å². The molecule has 0 spiro atoms. The Labute approximate surface area is 138 Å². The van der Waals surface area contributed by atoms with Gasteiger partial charge in [-0.1, -0.05) is 49.0 Å². The molecule has 0 aromatic heterocycles. The largest absolute Gasteiger partial charge is 0.371 e. The standard InChI is InChI=1S/C18H29BrN2/c1-15(2)13-20-14-16-12-17(19)8-9-18(16)21-10-6-4-3-5-7-11-21/h8-9,12,15,20H,3-7,10-11,13-14H2,1-2H3. The van der Waals surface area contributed by atoms with Gasteiger partial charge in [0.25, 0.3) is 0 Å². The molecule has 0 saturated carbocycles. The first-order valence-electron chi connectivity index (χ1n) is 8.41. The van der Waals surface area contributed by atoms with E-state index in [9.17, 15) is 0 Å². The smallest absolute Gasteiger partial charge is 0.0412 e. The van der Waals surface area contributed by atoms with Crippen LogP contribution in [0.2, 0.25) is 0 Å². The molecule has 1 N–H and O–H groups in total. The van der Waals surface area contributed by atoms with Crippen molar-refractivity contribution in [2.45, 2.75) is 52.5 Å². The minimum Gasteiger partial charge on any atom is -0.371 e. The summed E-state index contributed by atoms with van der Waals surface area (Å²) in [6.45, 7) is 8.97. The maximum absolute atomic E-state index is 3.62. The van der Waals surface area contributed by atoms with Gasteiger partial charge in [0.2, 0.25) is 0 Å². The van der Waals surface area contributed by atoms with Gasteiger partial charge in [-0.05, 0) is 49.1 Å². The van der Waals surface area contributed by atoms with Crippen LogP contribution in [0.25, 0.3) is 0 Å². The van der Waals surface area contributed by atoms with Crippen molar-refractivity contribution >= 4 is 21.6 Å². The molecular formula is C18H29BrN2. The number of halogens is 1. The van der Waals surface area contributed by atoms with E-state index in [1.54, 1.807) is 0 Å². The van der Waals surface area contributed by atoms with Gasteiger partial charge in [-0.2, -0.15) is 0 Å². The average molecular weight is 353 g/mol. The second-order valence-corrected chi connectivity index (χ2v) is 7.47. The van der Waals surface area contributed by atoms with E-state index in [4.69, 9.17) is 0 Å². The Morgan fingerprint density at radius 3 is 2.43 bits per heavy atom. The molecule has 1 fully saturated rings. The van der Waals surface area contributed by atoms with Crippen LogP contribution < -0.4 is 10.2 Å². The van der Waals surface area contributed by atoms with Crippen molar-refractivity contribution in [2.75, 3.05) is 24.5 Å². The van der Waals surface area contributed by atoms with Crippen molar-refractivity contribution in [1.82, 2.24) is 5.32 Å². The van der Waals surface area contributed by atoms with Gasteiger partial charge in [-0.25, -0.2) is 0 Å². The van der Waals surface area contributed by atoms with Crippen LogP contribution in [0.15, 0.2) is 22.7 Å². The topological polar surface area (TPSA) is 15.3 Å². The number of nitrogens with zero attached hydrogens (tertiary/aromatic N) is 1. The number of benzene rings is 1. The monoisotopic (exact) mass is 352 g/mol. The third kappa shape index (κ3) is 5.63. The first-order chi connectivity index (χ1) is 10.2. The summed E-state index contributed by atoms with van der Waals surface area (Å²) in [5, 5.41) is 3.59. The molecule has 1 saturated heterocycles. The fourth-order valence-electron chi connectivity index (χ4n) is 2.99. The van der Waals surface area contributed by atoms with Crippen molar-refractivity contribution in [3.05, 3.63) is 28.2 Å². The van der Waals surface area contributed by atoms with E-state index < -0.39 is 0 Å². The molecule has 0 unspecified atom stereocenters. The van der Waals surface area contributed by atoms with Gasteiger partial charge in [0.05, 0.1) is 0 Å². The normalized spacial score (nSPS) is 16.9. The van der Waals surface area contributed by atoms with Crippen LogP contribution in [-0.2, 0) is 6.54 Å². The van der Waals surface area contributed by atoms with Gasteiger partial charge in [-0.3, -0.25) is 0 Å². The molecule has 0 aliphatic carbocycles. The summed E-state index contributed by atoms with van der Waals surface area (Å²) in [6, 6.07) is 6.75. The summed E-state index contributed by atoms with van der Waals surface area (Å²) in [6.07, 6.45) is 6.84. The Kier molecular flexibility index (Phi) is 7.05. The van der Waals surface area contributed by atoms with Crippen LogP contribution in [0.5, 0.6) is 0 Å². The fourth-order valence-corrected chi connectivity index (χ4v) is 3.40. The van der Waals surface area contributed by atoms with Crippen molar-refractivity contribution in [3.8, 4) is 0 Å². The van der Waals surface area contributed by atoms with Crippen LogP contribution in [0, 0.1) is 5.92 Å². The zero-order valence-corrected chi connectivity index (χ0v) is 15.1. The second-order valence-electron chi connectivity index (χ2n) is 6.55. The third-order valence-electron chi connectivity index (χ3n) is 4.11. The molecule has 1 aromatic carbocycles. The molecule has 2 nitrogen and oxygen atoms in total. The van der Waals surface area contributed by atoms with E-state index in [1.807, 2.05) is 0 Å². The zero-order valence-electron chi connectivity index (χ0n) is 13.5. The SMILES string of the molecule is CC(C)CNCc1cc(Br)ccc1N1CCCCCCC1. The van der Waals surface area contributed by atoms with Crippen LogP contribution in [0.3, 0.4) is 0 Å². The Morgan fingerprint density at radius 2 is 1.76 bits per heavy atom. The van der Waals surface area contributed by atoms with Crippen molar-refractivity contribution in [3.63, 3.8) is 0 Å². The molecule has 3 heteroatoms. The first-order valence-corrected chi connectivity index (χ1v) is 9.20. The van der Waals surface area contributed by atoms with E-state index >= 15 is 0 Å².